The first-order valence-electron chi connectivity index (χ1n) is 18.2. The van der Waals surface area contributed by atoms with Crippen LogP contribution in [0.3, 0.4) is 0 Å². The summed E-state index contributed by atoms with van der Waals surface area (Å²) in [7, 11) is 0. The maximum absolute atomic E-state index is 14.0. The van der Waals surface area contributed by atoms with Crippen LogP contribution >= 0.6 is 0 Å². The van der Waals surface area contributed by atoms with Gasteiger partial charge in [-0.2, -0.15) is 0 Å². The molecule has 0 bridgehead atoms. The Bertz CT molecular complexity index is 1530. The molecule has 13 heteroatoms. The minimum atomic E-state index is -1.39. The van der Waals surface area contributed by atoms with Gasteiger partial charge in [-0.25, -0.2) is 0 Å². The van der Waals surface area contributed by atoms with Crippen molar-refractivity contribution in [3.63, 3.8) is 0 Å². The predicted molar refractivity (Wildman–Crippen MR) is 192 cm³/mol. The molecule has 8 N–H and O–H groups in total. The number of likely N-dealkylation sites (tertiary alicyclic amines) is 2. The molecule has 2 saturated heterocycles. The zero-order valence-electron chi connectivity index (χ0n) is 29.5. The van der Waals surface area contributed by atoms with Crippen molar-refractivity contribution >= 4 is 29.6 Å². The molecule has 3 fully saturated rings. The largest absolute Gasteiger partial charge is 0.480 e. The molecule has 2 aliphatic heterocycles. The Hall–Kier alpha value is -4.33. The molecular formula is C38H53N7O6. The summed E-state index contributed by atoms with van der Waals surface area (Å²) >= 11 is 0. The zero-order valence-corrected chi connectivity index (χ0v) is 29.5. The fraction of sp³-hybridized carbons (Fsp3) is 0.553. The highest BCUT2D eigenvalue weighted by Crippen LogP contribution is 2.47. The SMILES string of the molecule is CC1C[C@@H](NC(=O)C(Cc2ccccc2)NC(=O)CNCC2(c3ccccc3)CC2)C(=O)N1C(CCCCN)C(=O)N1CCC(N)(C(=O)O)CC1. The van der Waals surface area contributed by atoms with Gasteiger partial charge in [-0.1, -0.05) is 60.7 Å². The molecule has 276 valence electrons. The van der Waals surface area contributed by atoms with Crippen LogP contribution < -0.4 is 27.4 Å². The van der Waals surface area contributed by atoms with E-state index in [1.165, 1.54) is 5.56 Å². The third-order valence-electron chi connectivity index (χ3n) is 10.8. The van der Waals surface area contributed by atoms with Gasteiger partial charge in [0.25, 0.3) is 0 Å². The molecule has 2 aromatic carbocycles. The van der Waals surface area contributed by atoms with Crippen LogP contribution in [0.15, 0.2) is 60.7 Å². The van der Waals surface area contributed by atoms with Gasteiger partial charge in [-0.3, -0.25) is 24.0 Å². The summed E-state index contributed by atoms with van der Waals surface area (Å²) in [4.78, 5) is 69.8. The number of hydrogen-bond donors (Lipinski definition) is 6. The van der Waals surface area contributed by atoms with E-state index in [0.717, 1.165) is 18.4 Å². The van der Waals surface area contributed by atoms with Crippen LogP contribution in [0, 0.1) is 0 Å². The molecule has 5 rings (SSSR count). The normalized spacial score (nSPS) is 21.8. The molecule has 3 unspecified atom stereocenters. The van der Waals surface area contributed by atoms with E-state index < -0.39 is 35.5 Å². The van der Waals surface area contributed by atoms with Gasteiger partial charge < -0.3 is 42.3 Å². The highest BCUT2D eigenvalue weighted by molar-refractivity contribution is 5.96. The number of nitrogens with zero attached hydrogens (tertiary/aromatic N) is 2. The Balaban J connectivity index is 1.23. The fourth-order valence-electron chi connectivity index (χ4n) is 7.45. The molecule has 0 spiro atoms. The van der Waals surface area contributed by atoms with Crippen LogP contribution in [-0.4, -0.2) is 107 Å². The van der Waals surface area contributed by atoms with Gasteiger partial charge in [0, 0.05) is 37.5 Å². The van der Waals surface area contributed by atoms with Crippen molar-refractivity contribution in [1.82, 2.24) is 25.8 Å². The fourth-order valence-corrected chi connectivity index (χ4v) is 7.45. The van der Waals surface area contributed by atoms with Crippen LogP contribution in [0.25, 0.3) is 0 Å². The number of aliphatic carboxylic acids is 1. The molecule has 2 aromatic rings. The Morgan fingerprint density at radius 3 is 2.22 bits per heavy atom. The topological polar surface area (TPSA) is 200 Å². The number of nitrogens with one attached hydrogen (secondary N) is 3. The van der Waals surface area contributed by atoms with E-state index in [1.807, 2.05) is 55.5 Å². The van der Waals surface area contributed by atoms with E-state index in [-0.39, 0.29) is 68.1 Å². The highest BCUT2D eigenvalue weighted by Gasteiger charge is 2.47. The molecule has 4 amide bonds. The third kappa shape index (κ3) is 9.32. The van der Waals surface area contributed by atoms with Crippen LogP contribution in [0.5, 0.6) is 0 Å². The number of rotatable bonds is 17. The van der Waals surface area contributed by atoms with E-state index >= 15 is 0 Å². The summed E-state index contributed by atoms with van der Waals surface area (Å²) in [6.45, 7) is 3.35. The van der Waals surface area contributed by atoms with E-state index in [2.05, 4.69) is 28.1 Å². The van der Waals surface area contributed by atoms with Crippen molar-refractivity contribution in [3.8, 4) is 0 Å². The Morgan fingerprint density at radius 1 is 0.961 bits per heavy atom. The van der Waals surface area contributed by atoms with Crippen LogP contribution in [-0.2, 0) is 35.8 Å². The molecular weight excluding hydrogens is 650 g/mol. The van der Waals surface area contributed by atoms with Gasteiger partial charge >= 0.3 is 5.97 Å². The molecule has 0 radical (unpaired) electrons. The minimum Gasteiger partial charge on any atom is -0.480 e. The molecule has 0 aromatic heterocycles. The summed E-state index contributed by atoms with van der Waals surface area (Å²) in [5, 5.41) is 18.6. The summed E-state index contributed by atoms with van der Waals surface area (Å²) < 4.78 is 0. The van der Waals surface area contributed by atoms with E-state index in [9.17, 15) is 29.1 Å². The average Bonchev–Trinajstić information content (AvgIpc) is 3.86. The number of carboxylic acid groups (broad SMARTS) is 1. The quantitative estimate of drug-likeness (QED) is 0.130. The van der Waals surface area contributed by atoms with Crippen LogP contribution in [0.1, 0.15) is 69.4 Å². The third-order valence-corrected chi connectivity index (χ3v) is 10.8. The Kier molecular flexibility index (Phi) is 12.5. The molecule has 3 aliphatic rings. The molecule has 51 heavy (non-hydrogen) atoms. The number of carbonyl (C=O) groups excluding carboxylic acids is 4. The van der Waals surface area contributed by atoms with Gasteiger partial charge in [0.05, 0.1) is 6.54 Å². The van der Waals surface area contributed by atoms with E-state index in [1.54, 1.807) is 9.80 Å². The lowest BCUT2D eigenvalue weighted by atomic mass is 9.88. The predicted octanol–water partition coefficient (Wildman–Crippen LogP) is 1.04. The van der Waals surface area contributed by atoms with E-state index in [4.69, 9.17) is 11.5 Å². The lowest BCUT2D eigenvalue weighted by Crippen LogP contribution is -2.60. The monoisotopic (exact) mass is 703 g/mol. The van der Waals surface area contributed by atoms with Gasteiger partial charge in [0.1, 0.15) is 23.7 Å². The van der Waals surface area contributed by atoms with Gasteiger partial charge in [0.15, 0.2) is 0 Å². The van der Waals surface area contributed by atoms with Crippen LogP contribution in [0.2, 0.25) is 0 Å². The smallest absolute Gasteiger partial charge is 0.323 e. The second kappa shape index (κ2) is 16.8. The first kappa shape index (κ1) is 37.9. The maximum atomic E-state index is 14.0. The van der Waals surface area contributed by atoms with Gasteiger partial charge in [-0.05, 0) is 76.0 Å². The second-order valence-corrected chi connectivity index (χ2v) is 14.5. The number of carbonyl (C=O) groups is 5. The lowest BCUT2D eigenvalue weighted by Gasteiger charge is -2.40. The summed E-state index contributed by atoms with van der Waals surface area (Å²) in [6, 6.07) is 16.7. The Morgan fingerprint density at radius 2 is 1.61 bits per heavy atom. The maximum Gasteiger partial charge on any atom is 0.323 e. The zero-order chi connectivity index (χ0) is 36.6. The number of unbranched alkanes of at least 4 members (excludes halogenated alkanes) is 1. The van der Waals surface area contributed by atoms with E-state index in [0.29, 0.717) is 38.8 Å². The summed E-state index contributed by atoms with van der Waals surface area (Å²) in [6.07, 6.45) is 4.54. The second-order valence-electron chi connectivity index (χ2n) is 14.5. The summed E-state index contributed by atoms with van der Waals surface area (Å²) in [5.41, 5.74) is 12.5. The number of piperidine rings is 1. The van der Waals surface area contributed by atoms with Crippen molar-refractivity contribution in [1.29, 1.82) is 0 Å². The molecule has 1 saturated carbocycles. The Labute approximate surface area is 299 Å². The lowest BCUT2D eigenvalue weighted by molar-refractivity contribution is -0.151. The minimum absolute atomic E-state index is 0.0266. The van der Waals surface area contributed by atoms with Crippen molar-refractivity contribution < 1.29 is 29.1 Å². The highest BCUT2D eigenvalue weighted by atomic mass is 16.4. The first-order valence-corrected chi connectivity index (χ1v) is 18.2. The van der Waals surface area contributed by atoms with Crippen molar-refractivity contribution in [2.75, 3.05) is 32.7 Å². The molecule has 1 aliphatic carbocycles. The van der Waals surface area contributed by atoms with Crippen molar-refractivity contribution in [3.05, 3.63) is 71.8 Å². The standard InChI is InChI=1S/C38H53N7O6/c1-26-22-30(34(48)45(26)31(14-8-9-19-39)35(49)44-20-17-38(40,18-21-44)36(50)51)43-33(47)29(23-27-10-4-2-5-11-27)42-32(46)24-41-25-37(15-16-37)28-12-6-3-7-13-28/h2-7,10-13,26,29-31,41H,8-9,14-25,39-40H2,1H3,(H,42,46)(H,43,47)(H,50,51)/t26?,29?,30-,31?/m1/s1. The number of benzene rings is 2. The number of amides is 4. The molecule has 13 nitrogen and oxygen atoms in total. The first-order chi connectivity index (χ1) is 24.5. The molecule has 4 atom stereocenters. The van der Waals surface area contributed by atoms with Gasteiger partial charge in [0.2, 0.25) is 23.6 Å². The van der Waals surface area contributed by atoms with Crippen molar-refractivity contribution in [2.24, 2.45) is 11.5 Å². The average molecular weight is 704 g/mol. The van der Waals surface area contributed by atoms with Crippen molar-refractivity contribution in [2.45, 2.75) is 99.8 Å². The molecule has 2 heterocycles. The number of hydrogen-bond acceptors (Lipinski definition) is 8. The summed E-state index contributed by atoms with van der Waals surface area (Å²) in [5.74, 6) is -2.51. The number of nitrogens with two attached hydrogens (primary N) is 2. The number of carboxylic acids is 1. The van der Waals surface area contributed by atoms with Gasteiger partial charge in [-0.15, -0.1) is 0 Å². The van der Waals surface area contributed by atoms with Crippen LogP contribution in [0.4, 0.5) is 0 Å².